The number of anilines is 1. The Balaban J connectivity index is 1.40. The number of para-hydroxylation sites is 2. The normalized spacial score (nSPS) is 29.3. The van der Waals surface area contributed by atoms with Crippen LogP contribution >= 0.6 is 0 Å². The molecule has 1 aromatic rings. The van der Waals surface area contributed by atoms with Crippen LogP contribution in [0.4, 0.5) is 10.5 Å². The number of urea groups is 1. The Hall–Kier alpha value is -1.75. The van der Waals surface area contributed by atoms with Gasteiger partial charge in [-0.3, -0.25) is 0 Å². The lowest BCUT2D eigenvalue weighted by molar-refractivity contribution is 0.142. The summed E-state index contributed by atoms with van der Waals surface area (Å²) in [7, 11) is 0. The van der Waals surface area contributed by atoms with Gasteiger partial charge in [0, 0.05) is 19.5 Å². The molecule has 130 valence electrons. The quantitative estimate of drug-likeness (QED) is 0.923. The summed E-state index contributed by atoms with van der Waals surface area (Å²) in [5, 5.41) is 3.06. The monoisotopic (exact) mass is 330 g/mol. The summed E-state index contributed by atoms with van der Waals surface area (Å²) in [6.45, 7) is 3.17. The molecule has 1 N–H and O–H groups in total. The third kappa shape index (κ3) is 3.36. The highest BCUT2D eigenvalue weighted by molar-refractivity contribution is 5.91. The molecule has 4 rings (SSSR count). The van der Waals surface area contributed by atoms with Crippen LogP contribution in [0.3, 0.4) is 0 Å². The molecule has 2 saturated heterocycles. The van der Waals surface area contributed by atoms with E-state index >= 15 is 0 Å². The van der Waals surface area contributed by atoms with Gasteiger partial charge >= 0.3 is 6.03 Å². The highest BCUT2D eigenvalue weighted by Gasteiger charge is 2.36. The summed E-state index contributed by atoms with van der Waals surface area (Å²) >= 11 is 0. The number of amides is 2. The molecule has 5 heteroatoms. The van der Waals surface area contributed by atoms with Crippen LogP contribution in [-0.2, 0) is 4.74 Å². The van der Waals surface area contributed by atoms with Gasteiger partial charge in [-0.2, -0.15) is 0 Å². The molecule has 3 atom stereocenters. The van der Waals surface area contributed by atoms with Gasteiger partial charge in [0.25, 0.3) is 0 Å². The van der Waals surface area contributed by atoms with Crippen LogP contribution in [0.25, 0.3) is 0 Å². The number of fused-ring (bicyclic) bond motifs is 1. The van der Waals surface area contributed by atoms with E-state index in [0.29, 0.717) is 18.4 Å². The van der Waals surface area contributed by atoms with E-state index in [2.05, 4.69) is 5.32 Å². The fourth-order valence-corrected chi connectivity index (χ4v) is 4.22. The van der Waals surface area contributed by atoms with Gasteiger partial charge in [-0.25, -0.2) is 4.79 Å². The minimum Gasteiger partial charge on any atom is -0.486 e. The SMILES string of the molecule is O=C(Nc1ccccc1O[C@@H]1CCOC1)N1C[C@H]2CCCC[C@H]2C1. The first-order chi connectivity index (χ1) is 11.8. The Morgan fingerprint density at radius 2 is 1.88 bits per heavy atom. The first-order valence-electron chi connectivity index (χ1n) is 9.19. The van der Waals surface area contributed by atoms with E-state index < -0.39 is 0 Å². The number of carbonyl (C=O) groups is 1. The number of nitrogens with zero attached hydrogens (tertiary/aromatic N) is 1. The Kier molecular flexibility index (Phi) is 4.60. The molecule has 0 aromatic heterocycles. The van der Waals surface area contributed by atoms with Crippen molar-refractivity contribution in [1.82, 2.24) is 4.90 Å². The van der Waals surface area contributed by atoms with E-state index in [4.69, 9.17) is 9.47 Å². The van der Waals surface area contributed by atoms with Gasteiger partial charge in [-0.05, 0) is 36.8 Å². The van der Waals surface area contributed by atoms with Crippen LogP contribution in [-0.4, -0.2) is 43.3 Å². The summed E-state index contributed by atoms with van der Waals surface area (Å²) in [6.07, 6.45) is 6.16. The maximum atomic E-state index is 12.7. The fourth-order valence-electron chi connectivity index (χ4n) is 4.22. The van der Waals surface area contributed by atoms with E-state index in [9.17, 15) is 4.79 Å². The lowest BCUT2D eigenvalue weighted by atomic mass is 9.82. The van der Waals surface area contributed by atoms with Gasteiger partial charge < -0.3 is 19.7 Å². The highest BCUT2D eigenvalue weighted by Crippen LogP contribution is 2.36. The Labute approximate surface area is 143 Å². The largest absolute Gasteiger partial charge is 0.486 e. The summed E-state index contributed by atoms with van der Waals surface area (Å²) in [6, 6.07) is 7.69. The first-order valence-corrected chi connectivity index (χ1v) is 9.19. The molecular formula is C19H26N2O3. The molecular weight excluding hydrogens is 304 g/mol. The summed E-state index contributed by atoms with van der Waals surface area (Å²) in [4.78, 5) is 14.7. The number of carbonyl (C=O) groups excluding carboxylic acids is 1. The number of hydrogen-bond acceptors (Lipinski definition) is 3. The van der Waals surface area contributed by atoms with Crippen molar-refractivity contribution in [3.8, 4) is 5.75 Å². The van der Waals surface area contributed by atoms with Crippen molar-refractivity contribution in [1.29, 1.82) is 0 Å². The van der Waals surface area contributed by atoms with Gasteiger partial charge in [0.15, 0.2) is 0 Å². The number of ether oxygens (including phenoxy) is 2. The number of hydrogen-bond donors (Lipinski definition) is 1. The standard InChI is InChI=1S/C19H26N2O3/c22-19(21-11-14-5-1-2-6-15(14)12-21)20-17-7-3-4-8-18(17)24-16-9-10-23-13-16/h3-4,7-8,14-16H,1-2,5-6,9-13H2,(H,20,22)/t14-,15+,16-/m1/s1. The predicted octanol–water partition coefficient (Wildman–Crippen LogP) is 3.51. The van der Waals surface area contributed by atoms with Gasteiger partial charge in [0.2, 0.25) is 0 Å². The van der Waals surface area contributed by atoms with Crippen molar-refractivity contribution < 1.29 is 14.3 Å². The van der Waals surface area contributed by atoms with Crippen LogP contribution in [0.5, 0.6) is 5.75 Å². The molecule has 0 spiro atoms. The van der Waals surface area contributed by atoms with E-state index in [1.54, 1.807) is 0 Å². The number of nitrogens with one attached hydrogen (secondary N) is 1. The smallest absolute Gasteiger partial charge is 0.321 e. The van der Waals surface area contributed by atoms with Crippen LogP contribution in [0.1, 0.15) is 32.1 Å². The minimum atomic E-state index is 0.00289. The summed E-state index contributed by atoms with van der Waals surface area (Å²) in [5.41, 5.74) is 0.754. The maximum Gasteiger partial charge on any atom is 0.321 e. The molecule has 0 radical (unpaired) electrons. The molecule has 0 bridgehead atoms. The molecule has 3 fully saturated rings. The Morgan fingerprint density at radius 3 is 2.58 bits per heavy atom. The molecule has 1 aromatic carbocycles. The molecule has 3 aliphatic rings. The Morgan fingerprint density at radius 1 is 1.12 bits per heavy atom. The maximum absolute atomic E-state index is 12.7. The van der Waals surface area contributed by atoms with E-state index in [1.807, 2.05) is 29.2 Å². The summed E-state index contributed by atoms with van der Waals surface area (Å²) < 4.78 is 11.4. The average Bonchev–Trinajstić information content (AvgIpc) is 3.25. The van der Waals surface area contributed by atoms with Crippen molar-refractivity contribution in [3.63, 3.8) is 0 Å². The van der Waals surface area contributed by atoms with Gasteiger partial charge in [-0.15, -0.1) is 0 Å². The molecule has 1 aliphatic carbocycles. The van der Waals surface area contributed by atoms with Gasteiger partial charge in [0.05, 0.1) is 18.9 Å². The molecule has 1 saturated carbocycles. The fraction of sp³-hybridized carbons (Fsp3) is 0.632. The van der Waals surface area contributed by atoms with E-state index in [0.717, 1.165) is 37.6 Å². The first kappa shape index (κ1) is 15.8. The molecule has 5 nitrogen and oxygen atoms in total. The van der Waals surface area contributed by atoms with Crippen molar-refractivity contribution in [2.24, 2.45) is 11.8 Å². The Bertz CT molecular complexity index is 572. The third-order valence-corrected chi connectivity index (χ3v) is 5.57. The van der Waals surface area contributed by atoms with E-state index in [1.165, 1.54) is 25.7 Å². The van der Waals surface area contributed by atoms with Crippen LogP contribution in [0, 0.1) is 11.8 Å². The second-order valence-corrected chi connectivity index (χ2v) is 7.24. The molecule has 2 aliphatic heterocycles. The second kappa shape index (κ2) is 7.01. The van der Waals surface area contributed by atoms with Crippen molar-refractivity contribution in [3.05, 3.63) is 24.3 Å². The molecule has 24 heavy (non-hydrogen) atoms. The molecule has 2 heterocycles. The lowest BCUT2D eigenvalue weighted by Crippen LogP contribution is -2.33. The predicted molar refractivity (Wildman–Crippen MR) is 92.3 cm³/mol. The zero-order valence-corrected chi connectivity index (χ0v) is 14.1. The zero-order chi connectivity index (χ0) is 16.4. The average molecular weight is 330 g/mol. The molecule has 2 amide bonds. The third-order valence-electron chi connectivity index (χ3n) is 5.57. The second-order valence-electron chi connectivity index (χ2n) is 7.24. The van der Waals surface area contributed by atoms with Gasteiger partial charge in [0.1, 0.15) is 11.9 Å². The van der Waals surface area contributed by atoms with Crippen molar-refractivity contribution in [2.45, 2.75) is 38.2 Å². The number of likely N-dealkylation sites (tertiary alicyclic amines) is 1. The van der Waals surface area contributed by atoms with Crippen molar-refractivity contribution in [2.75, 3.05) is 31.6 Å². The number of rotatable bonds is 3. The van der Waals surface area contributed by atoms with Crippen LogP contribution < -0.4 is 10.1 Å². The summed E-state index contributed by atoms with van der Waals surface area (Å²) in [5.74, 6) is 2.14. The zero-order valence-electron chi connectivity index (χ0n) is 14.1. The van der Waals surface area contributed by atoms with Crippen molar-refractivity contribution >= 4 is 11.7 Å². The number of benzene rings is 1. The van der Waals surface area contributed by atoms with Gasteiger partial charge in [-0.1, -0.05) is 25.0 Å². The van der Waals surface area contributed by atoms with E-state index in [-0.39, 0.29) is 12.1 Å². The molecule has 0 unspecified atom stereocenters. The van der Waals surface area contributed by atoms with Crippen LogP contribution in [0.15, 0.2) is 24.3 Å². The minimum absolute atomic E-state index is 0.00289. The highest BCUT2D eigenvalue weighted by atomic mass is 16.5. The topological polar surface area (TPSA) is 50.8 Å². The van der Waals surface area contributed by atoms with Crippen LogP contribution in [0.2, 0.25) is 0 Å². The lowest BCUT2D eigenvalue weighted by Gasteiger charge is -2.22.